The molecule has 0 radical (unpaired) electrons. The maximum atomic E-state index is 9.03. The van der Waals surface area contributed by atoms with Crippen molar-refractivity contribution in [3.8, 4) is 0 Å². The number of rotatable bonds is 10. The molecule has 0 aromatic heterocycles. The maximum Gasteiger partial charge on any atom is 0.0629 e. The van der Waals surface area contributed by atoms with Crippen molar-refractivity contribution in [2.75, 3.05) is 52.9 Å². The van der Waals surface area contributed by atoms with Gasteiger partial charge in [-0.3, -0.25) is 0 Å². The molecule has 0 atom stereocenters. The Morgan fingerprint density at radius 1 is 0.600 bits per heavy atom. The van der Waals surface area contributed by atoms with Crippen LogP contribution in [0.3, 0.4) is 0 Å². The van der Waals surface area contributed by atoms with Gasteiger partial charge in [-0.1, -0.05) is 20.3 Å². The van der Waals surface area contributed by atoms with Crippen molar-refractivity contribution in [2.24, 2.45) is 10.8 Å². The minimum Gasteiger partial charge on any atom is -0.396 e. The zero-order chi connectivity index (χ0) is 16.1. The lowest BCUT2D eigenvalue weighted by molar-refractivity contribution is -0.103. The third-order valence-electron chi connectivity index (χ3n) is 2.83. The normalized spacial score (nSPS) is 12.0. The first-order valence-electron chi connectivity index (χ1n) is 6.72. The first-order chi connectivity index (χ1) is 9.49. The molecule has 0 fully saturated rings. The highest BCUT2D eigenvalue weighted by Crippen LogP contribution is 2.19. The lowest BCUT2D eigenvalue weighted by Gasteiger charge is -2.31. The summed E-state index contributed by atoms with van der Waals surface area (Å²) in [5, 5.41) is 54.2. The number of hydrogen-bond donors (Lipinski definition) is 6. The summed E-state index contributed by atoms with van der Waals surface area (Å²) in [5.41, 5.74) is -2.32. The first kappa shape index (κ1) is 22.0. The van der Waals surface area contributed by atoms with E-state index in [1.165, 1.54) is 6.42 Å². The van der Waals surface area contributed by atoms with Gasteiger partial charge in [0.1, 0.15) is 0 Å². The smallest absolute Gasteiger partial charge is 0.0629 e. The fourth-order valence-corrected chi connectivity index (χ4v) is 1.06. The Hall–Kier alpha value is -0.280. The van der Waals surface area contributed by atoms with E-state index in [1.54, 1.807) is 0 Å². The summed E-state index contributed by atoms with van der Waals surface area (Å²) in [4.78, 5) is 0. The lowest BCUT2D eigenvalue weighted by atomic mass is 9.91. The number of hydrogen-bond acceptors (Lipinski definition) is 7. The molecule has 0 aliphatic heterocycles. The van der Waals surface area contributed by atoms with E-state index < -0.39 is 50.5 Å². The molecule has 0 aromatic carbocycles. The van der Waals surface area contributed by atoms with E-state index in [4.69, 9.17) is 35.4 Å². The molecule has 7 nitrogen and oxygen atoms in total. The van der Waals surface area contributed by atoms with Crippen LogP contribution in [0.2, 0.25) is 0 Å². The number of ether oxygens (including phenoxy) is 1. The Bertz CT molecular complexity index is 166. The van der Waals surface area contributed by atoms with Crippen LogP contribution in [0, 0.1) is 10.8 Å². The van der Waals surface area contributed by atoms with Gasteiger partial charge in [0, 0.05) is 0 Å². The van der Waals surface area contributed by atoms with E-state index in [-0.39, 0.29) is 13.2 Å². The van der Waals surface area contributed by atoms with Crippen LogP contribution in [0.4, 0.5) is 0 Å². The average Bonchev–Trinajstić information content (AvgIpc) is 2.50. The van der Waals surface area contributed by atoms with E-state index in [0.717, 1.165) is 0 Å². The van der Waals surface area contributed by atoms with Crippen molar-refractivity contribution >= 4 is 0 Å². The van der Waals surface area contributed by atoms with Crippen LogP contribution in [0.1, 0.15) is 20.3 Å². The summed E-state index contributed by atoms with van der Waals surface area (Å²) >= 11 is 0. The zero-order valence-corrected chi connectivity index (χ0v) is 12.5. The Morgan fingerprint density at radius 3 is 0.950 bits per heavy atom. The number of aliphatic hydroxyl groups is 6. The van der Waals surface area contributed by atoms with Crippen molar-refractivity contribution in [3.05, 3.63) is 0 Å². The Labute approximate surface area is 120 Å². The van der Waals surface area contributed by atoms with E-state index >= 15 is 0 Å². The van der Waals surface area contributed by atoms with Gasteiger partial charge in [0.25, 0.3) is 0 Å². The van der Waals surface area contributed by atoms with Crippen molar-refractivity contribution in [1.29, 1.82) is 0 Å². The molecule has 124 valence electrons. The van der Waals surface area contributed by atoms with Crippen LogP contribution in [0.25, 0.3) is 0 Å². The van der Waals surface area contributed by atoms with Crippen LogP contribution >= 0.6 is 0 Å². The zero-order valence-electron chi connectivity index (χ0n) is 12.5. The topological polar surface area (TPSA) is 131 Å². The van der Waals surface area contributed by atoms with Gasteiger partial charge in [-0.2, -0.15) is 0 Å². The Morgan fingerprint density at radius 2 is 0.800 bits per heavy atom. The molecule has 0 heterocycles. The molecule has 0 amide bonds. The van der Waals surface area contributed by atoms with Crippen molar-refractivity contribution in [3.63, 3.8) is 0 Å². The third-order valence-corrected chi connectivity index (χ3v) is 2.83. The monoisotopic (exact) mass is 298 g/mol. The van der Waals surface area contributed by atoms with Crippen molar-refractivity contribution < 1.29 is 35.4 Å². The molecule has 0 saturated carbocycles. The SMILES string of the molecule is CCC.OCC(CO)(CO)COCC(CO)(CO)CO. The summed E-state index contributed by atoms with van der Waals surface area (Å²) in [6, 6.07) is 0. The van der Waals surface area contributed by atoms with E-state index in [2.05, 4.69) is 13.8 Å². The van der Waals surface area contributed by atoms with E-state index in [9.17, 15) is 0 Å². The molecule has 0 spiro atoms. The molecular weight excluding hydrogens is 268 g/mol. The summed E-state index contributed by atoms with van der Waals surface area (Å²) in [6.07, 6.45) is 1.25. The van der Waals surface area contributed by atoms with E-state index in [0.29, 0.717) is 0 Å². The summed E-state index contributed by atoms with van der Waals surface area (Å²) in [5.74, 6) is 0. The van der Waals surface area contributed by atoms with Crippen molar-refractivity contribution in [1.82, 2.24) is 0 Å². The van der Waals surface area contributed by atoms with E-state index in [1.807, 2.05) is 0 Å². The predicted octanol–water partition coefficient (Wildman–Crippen LogP) is -1.65. The Kier molecular flexibility index (Phi) is 13.7. The quantitative estimate of drug-likeness (QED) is 0.285. The van der Waals surface area contributed by atoms with Crippen LogP contribution in [0.15, 0.2) is 0 Å². The molecule has 0 unspecified atom stereocenters. The minimum atomic E-state index is -1.16. The molecule has 20 heavy (non-hydrogen) atoms. The standard InChI is InChI=1S/C10H22O7.C3H8/c11-1-9(2-12,3-13)7-17-8-10(4-14,5-15)6-16;1-3-2/h11-16H,1-8H2;3H2,1-2H3. The predicted molar refractivity (Wildman–Crippen MR) is 74.2 cm³/mol. The highest BCUT2D eigenvalue weighted by atomic mass is 16.5. The molecule has 0 aliphatic rings. The van der Waals surface area contributed by atoms with Crippen molar-refractivity contribution in [2.45, 2.75) is 20.3 Å². The molecular formula is C13H30O7. The molecule has 0 saturated heterocycles. The van der Waals surface area contributed by atoms with Gasteiger partial charge in [-0.15, -0.1) is 0 Å². The number of aliphatic hydroxyl groups excluding tert-OH is 6. The van der Waals surface area contributed by atoms with Gasteiger partial charge in [0.05, 0.1) is 63.7 Å². The fraction of sp³-hybridized carbons (Fsp3) is 1.00. The summed E-state index contributed by atoms with van der Waals surface area (Å²) in [7, 11) is 0. The highest BCUT2D eigenvalue weighted by molar-refractivity contribution is 4.80. The largest absolute Gasteiger partial charge is 0.396 e. The van der Waals surface area contributed by atoms with Crippen LogP contribution in [-0.2, 0) is 4.74 Å². The fourth-order valence-electron chi connectivity index (χ4n) is 1.06. The lowest BCUT2D eigenvalue weighted by Crippen LogP contribution is -2.43. The molecule has 0 bridgehead atoms. The first-order valence-corrected chi connectivity index (χ1v) is 6.72. The second-order valence-corrected chi connectivity index (χ2v) is 5.15. The molecule has 0 aromatic rings. The minimum absolute atomic E-state index is 0.141. The molecule has 7 heteroatoms. The Balaban J connectivity index is 0. The molecule has 6 N–H and O–H groups in total. The third kappa shape index (κ3) is 7.49. The summed E-state index contributed by atoms with van der Waals surface area (Å²) < 4.78 is 5.15. The van der Waals surface area contributed by atoms with Gasteiger partial charge >= 0.3 is 0 Å². The maximum absolute atomic E-state index is 9.03. The van der Waals surface area contributed by atoms with Crippen LogP contribution in [0.5, 0.6) is 0 Å². The summed E-state index contributed by atoms with van der Waals surface area (Å²) in [6.45, 7) is 1.24. The van der Waals surface area contributed by atoms with Gasteiger partial charge in [-0.25, -0.2) is 0 Å². The van der Waals surface area contributed by atoms with Gasteiger partial charge in [0.15, 0.2) is 0 Å². The van der Waals surface area contributed by atoms with Gasteiger partial charge in [-0.05, 0) is 0 Å². The molecule has 0 aliphatic carbocycles. The average molecular weight is 298 g/mol. The second-order valence-electron chi connectivity index (χ2n) is 5.15. The van der Waals surface area contributed by atoms with Crippen LogP contribution < -0.4 is 0 Å². The van der Waals surface area contributed by atoms with Crippen LogP contribution in [-0.4, -0.2) is 83.5 Å². The second kappa shape index (κ2) is 12.5. The van der Waals surface area contributed by atoms with Gasteiger partial charge in [0.2, 0.25) is 0 Å². The van der Waals surface area contributed by atoms with Gasteiger partial charge < -0.3 is 35.4 Å². The highest BCUT2D eigenvalue weighted by Gasteiger charge is 2.32. The molecule has 0 rings (SSSR count).